The second kappa shape index (κ2) is 4.17. The summed E-state index contributed by atoms with van der Waals surface area (Å²) in [6, 6.07) is -0.162. The Kier molecular flexibility index (Phi) is 3.37. The van der Waals surface area contributed by atoms with Crippen molar-refractivity contribution in [2.45, 2.75) is 58.1 Å². The van der Waals surface area contributed by atoms with Crippen LogP contribution < -0.4 is 0 Å². The fourth-order valence-electron chi connectivity index (χ4n) is 1.59. The number of amides is 1. The molecule has 0 saturated heterocycles. The van der Waals surface area contributed by atoms with Gasteiger partial charge in [0.05, 0.1) is 0 Å². The number of ether oxygens (including phenoxy) is 1. The fraction of sp³-hybridized carbons (Fsp3) is 0.900. The lowest BCUT2D eigenvalue weighted by molar-refractivity contribution is 0.0272. The summed E-state index contributed by atoms with van der Waals surface area (Å²) in [7, 11) is 0. The molecule has 1 rings (SSSR count). The zero-order valence-corrected chi connectivity index (χ0v) is 9.08. The third kappa shape index (κ3) is 3.18. The summed E-state index contributed by atoms with van der Waals surface area (Å²) < 4.78 is 4.99. The molecule has 0 aromatic carbocycles. The molecule has 0 aromatic rings. The van der Waals surface area contributed by atoms with Gasteiger partial charge in [0.1, 0.15) is 5.60 Å². The van der Waals surface area contributed by atoms with Gasteiger partial charge in [-0.3, -0.25) is 0 Å². The van der Waals surface area contributed by atoms with Crippen LogP contribution >= 0.6 is 0 Å². The number of hydrogen-bond donors (Lipinski definition) is 0. The molecular formula is C10H18NO3-. The maximum atomic E-state index is 11.5. The predicted molar refractivity (Wildman–Crippen MR) is 53.7 cm³/mol. The normalized spacial score (nSPS) is 18.3. The van der Waals surface area contributed by atoms with E-state index in [-0.39, 0.29) is 6.04 Å². The van der Waals surface area contributed by atoms with Crippen molar-refractivity contribution in [3.63, 3.8) is 0 Å². The van der Waals surface area contributed by atoms with Crippen LogP contribution in [-0.2, 0) is 4.74 Å². The van der Waals surface area contributed by atoms with Crippen molar-refractivity contribution in [3.05, 3.63) is 5.21 Å². The highest BCUT2D eigenvalue weighted by atomic mass is 16.6. The quantitative estimate of drug-likeness (QED) is 0.611. The fourth-order valence-corrected chi connectivity index (χ4v) is 1.59. The van der Waals surface area contributed by atoms with Gasteiger partial charge in [-0.05, 0) is 33.6 Å². The van der Waals surface area contributed by atoms with Crippen molar-refractivity contribution >= 4 is 6.09 Å². The van der Waals surface area contributed by atoms with Crippen molar-refractivity contribution < 1.29 is 9.53 Å². The van der Waals surface area contributed by atoms with Gasteiger partial charge in [0.25, 0.3) is 0 Å². The van der Waals surface area contributed by atoms with Crippen molar-refractivity contribution in [3.8, 4) is 0 Å². The van der Waals surface area contributed by atoms with Crippen molar-refractivity contribution in [1.29, 1.82) is 0 Å². The molecule has 1 fully saturated rings. The first-order valence-corrected chi connectivity index (χ1v) is 5.09. The van der Waals surface area contributed by atoms with Gasteiger partial charge in [0.2, 0.25) is 0 Å². The number of carbonyl (C=O) groups excluding carboxylic acids is 1. The minimum absolute atomic E-state index is 0.162. The number of rotatable bonds is 1. The topological polar surface area (TPSA) is 52.6 Å². The Morgan fingerprint density at radius 1 is 1.36 bits per heavy atom. The van der Waals surface area contributed by atoms with Crippen LogP contribution in [0.5, 0.6) is 0 Å². The molecule has 0 N–H and O–H groups in total. The first kappa shape index (κ1) is 11.3. The molecule has 1 saturated carbocycles. The standard InChI is InChI=1S/C10H18NO3/c1-10(2,3)14-9(12)11(13)8-6-4-5-7-8/h8H,4-7H2,1-3H3/q-1. The number of hydrogen-bond acceptors (Lipinski definition) is 3. The minimum Gasteiger partial charge on any atom is -0.754 e. The second-order valence-corrected chi connectivity index (χ2v) is 4.74. The minimum atomic E-state index is -0.746. The molecule has 0 spiro atoms. The van der Waals surface area contributed by atoms with E-state index < -0.39 is 11.7 Å². The molecule has 14 heavy (non-hydrogen) atoms. The smallest absolute Gasteiger partial charge is 0.399 e. The molecule has 82 valence electrons. The molecule has 1 aliphatic carbocycles. The summed E-state index contributed by atoms with van der Waals surface area (Å²) >= 11 is 0. The molecule has 0 atom stereocenters. The van der Waals surface area contributed by atoms with Gasteiger partial charge < -0.3 is 15.0 Å². The van der Waals surface area contributed by atoms with Crippen LogP contribution in [0.4, 0.5) is 4.79 Å². The Labute approximate surface area is 84.8 Å². The molecule has 1 aliphatic rings. The maximum Gasteiger partial charge on any atom is 0.399 e. The maximum absolute atomic E-state index is 11.5. The van der Waals surface area contributed by atoms with Gasteiger partial charge >= 0.3 is 6.09 Å². The van der Waals surface area contributed by atoms with E-state index in [1.807, 2.05) is 0 Å². The van der Waals surface area contributed by atoms with Crippen molar-refractivity contribution in [1.82, 2.24) is 5.06 Å². The Balaban J connectivity index is 2.43. The summed E-state index contributed by atoms with van der Waals surface area (Å²) in [5.74, 6) is 0. The predicted octanol–water partition coefficient (Wildman–Crippen LogP) is 2.66. The van der Waals surface area contributed by atoms with E-state index >= 15 is 0 Å². The largest absolute Gasteiger partial charge is 0.754 e. The van der Waals surface area contributed by atoms with Crippen molar-refractivity contribution in [2.75, 3.05) is 0 Å². The van der Waals surface area contributed by atoms with Gasteiger partial charge in [-0.2, -0.15) is 0 Å². The second-order valence-electron chi connectivity index (χ2n) is 4.74. The van der Waals surface area contributed by atoms with E-state index in [4.69, 9.17) is 4.74 Å². The number of carbonyl (C=O) groups is 1. The molecule has 0 aromatic heterocycles. The van der Waals surface area contributed by atoms with Gasteiger partial charge in [-0.15, -0.1) is 0 Å². The number of hydroxylamine groups is 2. The van der Waals surface area contributed by atoms with Gasteiger partial charge in [0.15, 0.2) is 0 Å². The van der Waals surface area contributed by atoms with Crippen LogP contribution in [0.15, 0.2) is 0 Å². The summed E-state index contributed by atoms with van der Waals surface area (Å²) in [5, 5.41) is 12.0. The zero-order chi connectivity index (χ0) is 10.8. The lowest BCUT2D eigenvalue weighted by Crippen LogP contribution is -2.38. The summed E-state index contributed by atoms with van der Waals surface area (Å²) in [6.07, 6.45) is 2.94. The summed E-state index contributed by atoms with van der Waals surface area (Å²) in [6.45, 7) is 5.27. The van der Waals surface area contributed by atoms with Crippen molar-refractivity contribution in [2.24, 2.45) is 0 Å². The van der Waals surface area contributed by atoms with E-state index in [0.717, 1.165) is 25.7 Å². The van der Waals surface area contributed by atoms with Crippen LogP contribution in [0.3, 0.4) is 0 Å². The molecule has 0 unspecified atom stereocenters. The molecule has 4 heteroatoms. The lowest BCUT2D eigenvalue weighted by Gasteiger charge is -2.35. The Morgan fingerprint density at radius 3 is 2.29 bits per heavy atom. The van der Waals surface area contributed by atoms with Crippen LogP contribution in [0.1, 0.15) is 46.5 Å². The van der Waals surface area contributed by atoms with Crippen LogP contribution in [0.25, 0.3) is 0 Å². The monoisotopic (exact) mass is 200 g/mol. The zero-order valence-electron chi connectivity index (χ0n) is 9.08. The van der Waals surface area contributed by atoms with Gasteiger partial charge in [-0.1, -0.05) is 12.8 Å². The highest BCUT2D eigenvalue weighted by molar-refractivity contribution is 5.69. The first-order valence-electron chi connectivity index (χ1n) is 5.09. The van der Waals surface area contributed by atoms with E-state index in [0.29, 0.717) is 5.06 Å². The van der Waals surface area contributed by atoms with Crippen LogP contribution in [0.2, 0.25) is 0 Å². The van der Waals surface area contributed by atoms with Crippen LogP contribution in [-0.4, -0.2) is 22.8 Å². The molecule has 1 amide bonds. The summed E-state index contributed by atoms with van der Waals surface area (Å²) in [5.41, 5.74) is -0.585. The van der Waals surface area contributed by atoms with E-state index in [2.05, 4.69) is 0 Å². The molecule has 4 nitrogen and oxygen atoms in total. The highest BCUT2D eigenvalue weighted by Gasteiger charge is 2.24. The Morgan fingerprint density at radius 2 is 1.86 bits per heavy atom. The average molecular weight is 200 g/mol. The number of nitrogens with zero attached hydrogens (tertiary/aromatic N) is 1. The van der Waals surface area contributed by atoms with Gasteiger partial charge in [0, 0.05) is 6.04 Å². The van der Waals surface area contributed by atoms with E-state index in [9.17, 15) is 10.0 Å². The van der Waals surface area contributed by atoms with E-state index in [1.54, 1.807) is 20.8 Å². The molecule has 0 bridgehead atoms. The Hall–Kier alpha value is -0.770. The van der Waals surface area contributed by atoms with Gasteiger partial charge in [-0.25, -0.2) is 4.79 Å². The first-order chi connectivity index (χ1) is 6.40. The summed E-state index contributed by atoms with van der Waals surface area (Å²) in [4.78, 5) is 11.3. The van der Waals surface area contributed by atoms with Crippen LogP contribution in [0, 0.1) is 5.21 Å². The molecular weight excluding hydrogens is 182 g/mol. The third-order valence-corrected chi connectivity index (χ3v) is 2.23. The molecule has 0 radical (unpaired) electrons. The third-order valence-electron chi connectivity index (χ3n) is 2.23. The average Bonchev–Trinajstić information content (AvgIpc) is 2.51. The highest BCUT2D eigenvalue weighted by Crippen LogP contribution is 2.24. The Bertz CT molecular complexity index is 204. The SMILES string of the molecule is CC(C)(C)OC(=O)N([O-])C1CCCC1. The molecule has 0 aliphatic heterocycles. The lowest BCUT2D eigenvalue weighted by atomic mass is 10.2. The van der Waals surface area contributed by atoms with E-state index in [1.165, 1.54) is 0 Å². The molecule has 0 heterocycles.